The molecule has 104 valence electrons. The van der Waals surface area contributed by atoms with E-state index in [1.807, 2.05) is 25.1 Å². The Morgan fingerprint density at radius 1 is 1.30 bits per heavy atom. The topological polar surface area (TPSA) is 55.1 Å². The van der Waals surface area contributed by atoms with E-state index in [4.69, 9.17) is 17.3 Å². The molecule has 0 bridgehead atoms. The first-order valence-electron chi connectivity index (χ1n) is 6.08. The molecule has 0 spiro atoms. The summed E-state index contributed by atoms with van der Waals surface area (Å²) in [5.41, 5.74) is 7.67. The molecule has 2 aromatic rings. The molecule has 0 fully saturated rings. The van der Waals surface area contributed by atoms with Gasteiger partial charge in [-0.15, -0.1) is 0 Å². The average Bonchev–Trinajstić information content (AvgIpc) is 2.41. The lowest BCUT2D eigenvalue weighted by atomic mass is 10.1. The molecule has 2 aromatic carbocycles. The molecule has 0 aliphatic carbocycles. The fourth-order valence-electron chi connectivity index (χ4n) is 1.86. The van der Waals surface area contributed by atoms with Crippen LogP contribution in [0, 0.1) is 0 Å². The van der Waals surface area contributed by atoms with E-state index < -0.39 is 0 Å². The Bertz CT molecular complexity index is 646. The number of hydrogen-bond acceptors (Lipinski definition) is 2. The van der Waals surface area contributed by atoms with Crippen LogP contribution < -0.4 is 11.1 Å². The van der Waals surface area contributed by atoms with Crippen molar-refractivity contribution < 1.29 is 4.79 Å². The maximum atomic E-state index is 12.2. The van der Waals surface area contributed by atoms with Crippen LogP contribution in [0.1, 0.15) is 28.9 Å². The Balaban J connectivity index is 2.17. The second-order valence-corrected chi connectivity index (χ2v) is 5.83. The number of nitrogens with one attached hydrogen (secondary N) is 1. The first-order valence-corrected chi connectivity index (χ1v) is 7.26. The standard InChI is InChI=1S/C15H14BrClN2O/c1-9(10-3-2-4-12(17)7-10)19-15(20)13-8-11(16)5-6-14(13)18/h2-9H,18H2,1H3,(H,19,20). The van der Waals surface area contributed by atoms with Crippen LogP contribution in [0.3, 0.4) is 0 Å². The van der Waals surface area contributed by atoms with Gasteiger partial charge in [-0.3, -0.25) is 4.79 Å². The van der Waals surface area contributed by atoms with Crippen LogP contribution in [0.5, 0.6) is 0 Å². The highest BCUT2D eigenvalue weighted by molar-refractivity contribution is 9.10. The smallest absolute Gasteiger partial charge is 0.253 e. The maximum Gasteiger partial charge on any atom is 0.253 e. The Morgan fingerprint density at radius 3 is 2.75 bits per heavy atom. The van der Waals surface area contributed by atoms with Crippen molar-refractivity contribution in [3.63, 3.8) is 0 Å². The number of amides is 1. The fourth-order valence-corrected chi connectivity index (χ4v) is 2.42. The van der Waals surface area contributed by atoms with Crippen LogP contribution in [0.25, 0.3) is 0 Å². The quantitative estimate of drug-likeness (QED) is 0.813. The number of nitrogen functional groups attached to an aromatic ring is 1. The van der Waals surface area contributed by atoms with Gasteiger partial charge >= 0.3 is 0 Å². The number of carbonyl (C=O) groups excluding carboxylic acids is 1. The lowest BCUT2D eigenvalue weighted by Crippen LogP contribution is -2.27. The van der Waals surface area contributed by atoms with Crippen LogP contribution in [-0.2, 0) is 0 Å². The number of halogens is 2. The summed E-state index contributed by atoms with van der Waals surface area (Å²) in [4.78, 5) is 12.2. The van der Waals surface area contributed by atoms with Crippen LogP contribution >= 0.6 is 27.5 Å². The zero-order chi connectivity index (χ0) is 14.7. The highest BCUT2D eigenvalue weighted by atomic mass is 79.9. The Morgan fingerprint density at radius 2 is 2.05 bits per heavy atom. The predicted octanol–water partition coefficient (Wildman–Crippen LogP) is 4.18. The van der Waals surface area contributed by atoms with E-state index >= 15 is 0 Å². The summed E-state index contributed by atoms with van der Waals surface area (Å²) in [6.07, 6.45) is 0. The van der Waals surface area contributed by atoms with Crippen LogP contribution in [0.4, 0.5) is 5.69 Å². The molecule has 3 N–H and O–H groups in total. The Labute approximate surface area is 131 Å². The zero-order valence-electron chi connectivity index (χ0n) is 10.9. The SMILES string of the molecule is CC(NC(=O)c1cc(Br)ccc1N)c1cccc(Cl)c1. The van der Waals surface area contributed by atoms with Crippen LogP contribution in [0.2, 0.25) is 5.02 Å². The summed E-state index contributed by atoms with van der Waals surface area (Å²) in [5, 5.41) is 3.55. The second kappa shape index (κ2) is 6.29. The van der Waals surface area contributed by atoms with Gasteiger partial charge in [0.25, 0.3) is 5.91 Å². The highest BCUT2D eigenvalue weighted by Gasteiger charge is 2.14. The number of nitrogens with two attached hydrogens (primary N) is 1. The predicted molar refractivity (Wildman–Crippen MR) is 85.9 cm³/mol. The molecule has 0 aromatic heterocycles. The number of benzene rings is 2. The molecule has 0 saturated carbocycles. The zero-order valence-corrected chi connectivity index (χ0v) is 13.2. The van der Waals surface area contributed by atoms with Crippen molar-refractivity contribution >= 4 is 39.1 Å². The molecular formula is C15H14BrClN2O. The molecule has 1 amide bonds. The van der Waals surface area contributed by atoms with Crippen molar-refractivity contribution in [3.05, 3.63) is 63.1 Å². The lowest BCUT2D eigenvalue weighted by Gasteiger charge is -2.15. The van der Waals surface area contributed by atoms with Gasteiger partial charge in [0.15, 0.2) is 0 Å². The van der Waals surface area contributed by atoms with E-state index in [2.05, 4.69) is 21.2 Å². The normalized spacial score (nSPS) is 11.9. The number of hydrogen-bond donors (Lipinski definition) is 2. The maximum absolute atomic E-state index is 12.2. The number of rotatable bonds is 3. The van der Waals surface area contributed by atoms with E-state index in [0.29, 0.717) is 16.3 Å². The molecule has 5 heteroatoms. The Kier molecular flexibility index (Phi) is 4.68. The van der Waals surface area contributed by atoms with Gasteiger partial charge in [0.2, 0.25) is 0 Å². The minimum Gasteiger partial charge on any atom is -0.398 e. The summed E-state index contributed by atoms with van der Waals surface area (Å²) in [6, 6.07) is 12.4. The molecule has 0 aliphatic rings. The summed E-state index contributed by atoms with van der Waals surface area (Å²) in [7, 11) is 0. The van der Waals surface area contributed by atoms with Crippen molar-refractivity contribution in [2.24, 2.45) is 0 Å². The fraction of sp³-hybridized carbons (Fsp3) is 0.133. The van der Waals surface area contributed by atoms with E-state index in [1.54, 1.807) is 24.3 Å². The van der Waals surface area contributed by atoms with Crippen molar-refractivity contribution in [1.29, 1.82) is 0 Å². The third-order valence-electron chi connectivity index (χ3n) is 2.96. The monoisotopic (exact) mass is 352 g/mol. The van der Waals surface area contributed by atoms with Gasteiger partial charge < -0.3 is 11.1 Å². The van der Waals surface area contributed by atoms with E-state index in [9.17, 15) is 4.79 Å². The van der Waals surface area contributed by atoms with E-state index in [-0.39, 0.29) is 11.9 Å². The lowest BCUT2D eigenvalue weighted by molar-refractivity contribution is 0.0940. The minimum atomic E-state index is -0.212. The van der Waals surface area contributed by atoms with Crippen molar-refractivity contribution in [2.75, 3.05) is 5.73 Å². The number of carbonyl (C=O) groups is 1. The number of anilines is 1. The van der Waals surface area contributed by atoms with Gasteiger partial charge in [-0.25, -0.2) is 0 Å². The highest BCUT2D eigenvalue weighted by Crippen LogP contribution is 2.21. The van der Waals surface area contributed by atoms with Crippen molar-refractivity contribution in [1.82, 2.24) is 5.32 Å². The molecule has 20 heavy (non-hydrogen) atoms. The van der Waals surface area contributed by atoms with Crippen molar-refractivity contribution in [3.8, 4) is 0 Å². The largest absolute Gasteiger partial charge is 0.398 e. The molecule has 0 saturated heterocycles. The van der Waals surface area contributed by atoms with Crippen LogP contribution in [0.15, 0.2) is 46.9 Å². The molecule has 0 heterocycles. The molecular weight excluding hydrogens is 340 g/mol. The first kappa shape index (κ1) is 14.9. The third kappa shape index (κ3) is 3.52. The van der Waals surface area contributed by atoms with Crippen LogP contribution in [-0.4, -0.2) is 5.91 Å². The molecule has 0 radical (unpaired) electrons. The summed E-state index contributed by atoms with van der Waals surface area (Å²) < 4.78 is 0.812. The van der Waals surface area contributed by atoms with Gasteiger partial charge in [0.05, 0.1) is 11.6 Å². The molecule has 0 aliphatic heterocycles. The molecule has 1 unspecified atom stereocenters. The molecule has 2 rings (SSSR count). The minimum absolute atomic E-state index is 0.153. The average molecular weight is 354 g/mol. The molecule has 1 atom stereocenters. The Hall–Kier alpha value is -1.52. The van der Waals surface area contributed by atoms with Gasteiger partial charge in [0, 0.05) is 15.2 Å². The van der Waals surface area contributed by atoms with E-state index in [0.717, 1.165) is 10.0 Å². The first-order chi connectivity index (χ1) is 9.47. The van der Waals surface area contributed by atoms with E-state index in [1.165, 1.54) is 0 Å². The van der Waals surface area contributed by atoms with Gasteiger partial charge in [-0.1, -0.05) is 39.7 Å². The summed E-state index contributed by atoms with van der Waals surface area (Å²) in [5.74, 6) is -0.212. The second-order valence-electron chi connectivity index (χ2n) is 4.48. The summed E-state index contributed by atoms with van der Waals surface area (Å²) >= 11 is 9.28. The van der Waals surface area contributed by atoms with Gasteiger partial charge in [0.1, 0.15) is 0 Å². The summed E-state index contributed by atoms with van der Waals surface area (Å²) in [6.45, 7) is 1.90. The van der Waals surface area contributed by atoms with Gasteiger partial charge in [-0.2, -0.15) is 0 Å². The van der Waals surface area contributed by atoms with Crippen molar-refractivity contribution in [2.45, 2.75) is 13.0 Å². The molecule has 3 nitrogen and oxygen atoms in total. The van der Waals surface area contributed by atoms with Gasteiger partial charge in [-0.05, 0) is 42.8 Å². The third-order valence-corrected chi connectivity index (χ3v) is 3.68.